The van der Waals surface area contributed by atoms with Crippen LogP contribution in [0.5, 0.6) is 0 Å². The highest BCUT2D eigenvalue weighted by Crippen LogP contribution is 2.24. The van der Waals surface area contributed by atoms with Crippen molar-refractivity contribution in [1.82, 2.24) is 14.5 Å². The Hall–Kier alpha value is -0.830. The van der Waals surface area contributed by atoms with Gasteiger partial charge in [0.15, 0.2) is 0 Å². The lowest BCUT2D eigenvalue weighted by atomic mass is 9.94. The fourth-order valence-corrected chi connectivity index (χ4v) is 3.56. The van der Waals surface area contributed by atoms with Crippen LogP contribution in [0.2, 0.25) is 0 Å². The molecule has 1 aromatic rings. The average molecular weight is 247 g/mol. The first-order valence-corrected chi connectivity index (χ1v) is 7.44. The molecule has 3 heteroatoms. The van der Waals surface area contributed by atoms with Crippen LogP contribution < -0.4 is 0 Å². The van der Waals surface area contributed by atoms with Crippen molar-refractivity contribution in [2.75, 3.05) is 20.1 Å². The highest BCUT2D eigenvalue weighted by Gasteiger charge is 2.23. The zero-order chi connectivity index (χ0) is 12.5. The maximum Gasteiger partial charge on any atom is 0.109 e. The van der Waals surface area contributed by atoms with E-state index in [4.69, 9.17) is 4.98 Å². The van der Waals surface area contributed by atoms with E-state index in [1.807, 2.05) is 0 Å². The topological polar surface area (TPSA) is 21.1 Å². The minimum absolute atomic E-state index is 0.814. The second-order valence-corrected chi connectivity index (χ2v) is 6.39. The van der Waals surface area contributed by atoms with E-state index in [0.29, 0.717) is 0 Å². The van der Waals surface area contributed by atoms with E-state index in [2.05, 4.69) is 29.6 Å². The Morgan fingerprint density at radius 1 is 1.33 bits per heavy atom. The van der Waals surface area contributed by atoms with Gasteiger partial charge in [0.1, 0.15) is 5.82 Å². The summed E-state index contributed by atoms with van der Waals surface area (Å²) in [5.41, 5.74) is 1.47. The van der Waals surface area contributed by atoms with Gasteiger partial charge in [-0.05, 0) is 51.1 Å². The number of nitrogens with zero attached hydrogens (tertiary/aromatic N) is 3. The van der Waals surface area contributed by atoms with Crippen LogP contribution >= 0.6 is 0 Å². The fraction of sp³-hybridized carbons (Fsp3) is 0.800. The lowest BCUT2D eigenvalue weighted by Crippen LogP contribution is -2.33. The third-order valence-electron chi connectivity index (χ3n) is 4.62. The summed E-state index contributed by atoms with van der Waals surface area (Å²) in [4.78, 5) is 7.16. The maximum absolute atomic E-state index is 4.70. The van der Waals surface area contributed by atoms with Crippen molar-refractivity contribution in [3.05, 3.63) is 17.7 Å². The quantitative estimate of drug-likeness (QED) is 0.800. The van der Waals surface area contributed by atoms with E-state index in [1.165, 1.54) is 63.3 Å². The number of imidazole rings is 1. The number of hydrogen-bond donors (Lipinski definition) is 0. The van der Waals surface area contributed by atoms with Gasteiger partial charge in [-0.25, -0.2) is 4.98 Å². The van der Waals surface area contributed by atoms with Gasteiger partial charge < -0.3 is 9.47 Å². The molecule has 3 nitrogen and oxygen atoms in total. The number of hydrogen-bond acceptors (Lipinski definition) is 2. The first kappa shape index (κ1) is 12.2. The van der Waals surface area contributed by atoms with Crippen molar-refractivity contribution in [3.63, 3.8) is 0 Å². The number of rotatable bonds is 2. The summed E-state index contributed by atoms with van der Waals surface area (Å²) in [6.07, 6.45) is 8.57. The molecule has 2 aliphatic rings. The average Bonchev–Trinajstić information content (AvgIpc) is 2.72. The zero-order valence-electron chi connectivity index (χ0n) is 11.7. The Labute approximate surface area is 110 Å². The van der Waals surface area contributed by atoms with Gasteiger partial charge in [-0.1, -0.05) is 6.92 Å². The van der Waals surface area contributed by atoms with Gasteiger partial charge in [0, 0.05) is 31.4 Å². The van der Waals surface area contributed by atoms with Gasteiger partial charge in [0.25, 0.3) is 0 Å². The summed E-state index contributed by atoms with van der Waals surface area (Å²) in [6, 6.07) is 0. The molecule has 1 fully saturated rings. The third kappa shape index (κ3) is 2.46. The molecular weight excluding hydrogens is 222 g/mol. The molecule has 1 saturated heterocycles. The van der Waals surface area contributed by atoms with Crippen LogP contribution in [0.1, 0.15) is 37.7 Å². The Morgan fingerprint density at radius 2 is 2.22 bits per heavy atom. The standard InChI is InChI=1S/C15H25N3/c1-12-5-7-18-14(8-12)10-16-15(18)9-13-4-3-6-17(2)11-13/h10,12-13H,3-9,11H2,1-2H3. The van der Waals surface area contributed by atoms with Gasteiger partial charge >= 0.3 is 0 Å². The van der Waals surface area contributed by atoms with E-state index >= 15 is 0 Å². The molecule has 0 N–H and O–H groups in total. The third-order valence-corrected chi connectivity index (χ3v) is 4.62. The number of fused-ring (bicyclic) bond motifs is 1. The van der Waals surface area contributed by atoms with Gasteiger partial charge in [0.2, 0.25) is 0 Å². The molecule has 0 aromatic carbocycles. The van der Waals surface area contributed by atoms with E-state index in [1.54, 1.807) is 0 Å². The smallest absolute Gasteiger partial charge is 0.109 e. The summed E-state index contributed by atoms with van der Waals surface area (Å²) in [5.74, 6) is 3.00. The molecule has 0 amide bonds. The predicted molar refractivity (Wildman–Crippen MR) is 73.6 cm³/mol. The van der Waals surface area contributed by atoms with Crippen LogP contribution in [0.15, 0.2) is 6.20 Å². The molecule has 2 unspecified atom stereocenters. The lowest BCUT2D eigenvalue weighted by Gasteiger charge is -2.30. The molecule has 1 aromatic heterocycles. The molecule has 0 aliphatic carbocycles. The summed E-state index contributed by atoms with van der Waals surface area (Å²) in [5, 5.41) is 0. The molecule has 3 heterocycles. The van der Waals surface area contributed by atoms with Crippen molar-refractivity contribution in [2.24, 2.45) is 11.8 Å². The number of aromatic nitrogens is 2. The van der Waals surface area contributed by atoms with Gasteiger partial charge in [-0.15, -0.1) is 0 Å². The molecule has 0 spiro atoms. The second kappa shape index (κ2) is 5.04. The molecule has 3 rings (SSSR count). The van der Waals surface area contributed by atoms with Gasteiger partial charge in [0.05, 0.1) is 0 Å². The lowest BCUT2D eigenvalue weighted by molar-refractivity contribution is 0.206. The van der Waals surface area contributed by atoms with Crippen molar-refractivity contribution in [2.45, 2.75) is 45.6 Å². The van der Waals surface area contributed by atoms with Crippen LogP contribution in [0.4, 0.5) is 0 Å². The van der Waals surface area contributed by atoms with Gasteiger partial charge in [-0.2, -0.15) is 0 Å². The SMILES string of the molecule is CC1CCn2c(cnc2CC2CCCN(C)C2)C1. The summed E-state index contributed by atoms with van der Waals surface area (Å²) in [6.45, 7) is 6.06. The van der Waals surface area contributed by atoms with Gasteiger partial charge in [-0.3, -0.25) is 0 Å². The number of piperidine rings is 1. The molecule has 0 saturated carbocycles. The zero-order valence-corrected chi connectivity index (χ0v) is 11.7. The Morgan fingerprint density at radius 3 is 3.06 bits per heavy atom. The molecular formula is C15H25N3. The van der Waals surface area contributed by atoms with E-state index in [9.17, 15) is 0 Å². The normalized spacial score (nSPS) is 29.2. The number of likely N-dealkylation sites (tertiary alicyclic amines) is 1. The van der Waals surface area contributed by atoms with E-state index in [-0.39, 0.29) is 0 Å². The fourth-order valence-electron chi connectivity index (χ4n) is 3.56. The van der Waals surface area contributed by atoms with Crippen molar-refractivity contribution in [1.29, 1.82) is 0 Å². The second-order valence-electron chi connectivity index (χ2n) is 6.39. The first-order valence-electron chi connectivity index (χ1n) is 7.44. The van der Waals surface area contributed by atoms with E-state index < -0.39 is 0 Å². The van der Waals surface area contributed by atoms with Crippen LogP contribution in [0, 0.1) is 11.8 Å². The van der Waals surface area contributed by atoms with E-state index in [0.717, 1.165) is 11.8 Å². The summed E-state index contributed by atoms with van der Waals surface area (Å²) < 4.78 is 2.49. The molecule has 100 valence electrons. The predicted octanol–water partition coefficient (Wildman–Crippen LogP) is 2.35. The Bertz CT molecular complexity index is 410. The van der Waals surface area contributed by atoms with Crippen LogP contribution in [-0.2, 0) is 19.4 Å². The summed E-state index contributed by atoms with van der Waals surface area (Å²) in [7, 11) is 2.24. The van der Waals surface area contributed by atoms with Crippen LogP contribution in [0.3, 0.4) is 0 Å². The monoisotopic (exact) mass is 247 g/mol. The van der Waals surface area contributed by atoms with Crippen LogP contribution in [0.25, 0.3) is 0 Å². The molecule has 0 bridgehead atoms. The highest BCUT2D eigenvalue weighted by atomic mass is 15.1. The molecule has 0 radical (unpaired) electrons. The van der Waals surface area contributed by atoms with Crippen LogP contribution in [-0.4, -0.2) is 34.6 Å². The highest BCUT2D eigenvalue weighted by molar-refractivity contribution is 5.09. The minimum Gasteiger partial charge on any atom is -0.332 e. The van der Waals surface area contributed by atoms with Crippen molar-refractivity contribution >= 4 is 0 Å². The Balaban J connectivity index is 1.70. The summed E-state index contributed by atoms with van der Waals surface area (Å²) >= 11 is 0. The van der Waals surface area contributed by atoms with Crippen molar-refractivity contribution in [3.8, 4) is 0 Å². The van der Waals surface area contributed by atoms with Crippen molar-refractivity contribution < 1.29 is 0 Å². The molecule has 2 aliphatic heterocycles. The molecule has 2 atom stereocenters. The first-order chi connectivity index (χ1) is 8.72. The Kier molecular flexibility index (Phi) is 3.42. The largest absolute Gasteiger partial charge is 0.332 e. The molecule has 18 heavy (non-hydrogen) atoms. The maximum atomic E-state index is 4.70. The minimum atomic E-state index is 0.814.